The lowest BCUT2D eigenvalue weighted by Crippen LogP contribution is -2.42. The first-order valence-electron chi connectivity index (χ1n) is 9.63. The fourth-order valence-electron chi connectivity index (χ4n) is 3.36. The fraction of sp³-hybridized carbons (Fsp3) is 0.190. The molecule has 1 atom stereocenters. The second kappa shape index (κ2) is 8.46. The molecule has 0 radical (unpaired) electrons. The second-order valence-corrected chi connectivity index (χ2v) is 9.97. The Morgan fingerprint density at radius 2 is 1.97 bits per heavy atom. The number of thiazole rings is 1. The fourth-order valence-corrected chi connectivity index (χ4v) is 5.18. The van der Waals surface area contributed by atoms with Gasteiger partial charge < -0.3 is 0 Å². The number of halogens is 4. The Hall–Kier alpha value is -3.34. The van der Waals surface area contributed by atoms with E-state index in [2.05, 4.69) is 16.0 Å². The standard InChI is InChI=1S/C21H15F4N5O2S2/c1-11-5-18-14(6-16(11)22)15(7-26)20(30(18)19-9-27-10-33-19)17-4-3-13(8-28-17)34(31,32)29-12(2)21(23,24)25/h3-6,8-10,12,29H,1-2H3/t12-/m0/s1. The number of rotatable bonds is 5. The minimum atomic E-state index is -4.76. The SMILES string of the molecule is Cc1cc2c(cc1F)c(C#N)c(-c1ccc(S(=O)(=O)N[C@@H](C)C(F)(F)F)cn1)n2-c1cncs1. The zero-order chi connectivity index (χ0) is 24.8. The Labute approximate surface area is 195 Å². The molecule has 7 nitrogen and oxygen atoms in total. The molecule has 0 amide bonds. The smallest absolute Gasteiger partial charge is 0.296 e. The third kappa shape index (κ3) is 4.15. The van der Waals surface area contributed by atoms with Crippen molar-refractivity contribution < 1.29 is 26.0 Å². The zero-order valence-corrected chi connectivity index (χ0v) is 19.2. The number of nitrogens with zero attached hydrogens (tertiary/aromatic N) is 4. The Bertz CT molecular complexity index is 1520. The molecular formula is C21H15F4N5O2S2. The summed E-state index contributed by atoms with van der Waals surface area (Å²) < 4.78 is 80.7. The van der Waals surface area contributed by atoms with Crippen LogP contribution in [0.2, 0.25) is 0 Å². The van der Waals surface area contributed by atoms with Crippen molar-refractivity contribution in [3.8, 4) is 22.5 Å². The number of sulfonamides is 1. The van der Waals surface area contributed by atoms with Gasteiger partial charge in [-0.15, -0.1) is 11.3 Å². The van der Waals surface area contributed by atoms with Crippen LogP contribution >= 0.6 is 11.3 Å². The summed E-state index contributed by atoms with van der Waals surface area (Å²) in [5.41, 5.74) is 2.99. The molecule has 1 aromatic carbocycles. The van der Waals surface area contributed by atoms with Gasteiger partial charge in [0.2, 0.25) is 10.0 Å². The van der Waals surface area contributed by atoms with Gasteiger partial charge in [0, 0.05) is 11.6 Å². The van der Waals surface area contributed by atoms with Crippen molar-refractivity contribution in [1.29, 1.82) is 5.26 Å². The first-order valence-corrected chi connectivity index (χ1v) is 12.0. The lowest BCUT2D eigenvalue weighted by atomic mass is 10.1. The number of hydrogen-bond donors (Lipinski definition) is 1. The van der Waals surface area contributed by atoms with E-state index in [4.69, 9.17) is 0 Å². The first kappa shape index (κ1) is 23.8. The van der Waals surface area contributed by atoms with E-state index in [0.717, 1.165) is 12.3 Å². The summed E-state index contributed by atoms with van der Waals surface area (Å²) in [4.78, 5) is 7.69. The number of nitriles is 1. The third-order valence-corrected chi connectivity index (χ3v) is 7.39. The van der Waals surface area contributed by atoms with Gasteiger partial charge in [0.1, 0.15) is 27.8 Å². The number of pyridine rings is 1. The van der Waals surface area contributed by atoms with E-state index in [0.29, 0.717) is 28.4 Å². The normalized spacial score (nSPS) is 13.2. The molecule has 0 saturated carbocycles. The molecule has 0 spiro atoms. The van der Waals surface area contributed by atoms with E-state index < -0.39 is 33.0 Å². The average molecular weight is 510 g/mol. The highest BCUT2D eigenvalue weighted by molar-refractivity contribution is 7.89. The van der Waals surface area contributed by atoms with Crippen LogP contribution in [0.15, 0.2) is 47.1 Å². The molecule has 13 heteroatoms. The minimum Gasteiger partial charge on any atom is -0.296 e. The van der Waals surface area contributed by atoms with Crippen LogP contribution in [-0.4, -0.2) is 35.2 Å². The molecule has 3 aromatic heterocycles. The third-order valence-electron chi connectivity index (χ3n) is 5.11. The van der Waals surface area contributed by atoms with Crippen molar-refractivity contribution >= 4 is 32.3 Å². The summed E-state index contributed by atoms with van der Waals surface area (Å²) in [7, 11) is -4.51. The number of fused-ring (bicyclic) bond motifs is 1. The summed E-state index contributed by atoms with van der Waals surface area (Å²) >= 11 is 1.26. The van der Waals surface area contributed by atoms with Crippen LogP contribution in [0.4, 0.5) is 17.6 Å². The quantitative estimate of drug-likeness (QED) is 0.393. The highest BCUT2D eigenvalue weighted by Gasteiger charge is 2.39. The predicted octanol–water partition coefficient (Wildman–Crippen LogP) is 4.70. The molecule has 0 aliphatic carbocycles. The summed E-state index contributed by atoms with van der Waals surface area (Å²) in [6.07, 6.45) is -2.30. The van der Waals surface area contributed by atoms with Crippen molar-refractivity contribution in [1.82, 2.24) is 19.3 Å². The van der Waals surface area contributed by atoms with E-state index in [1.165, 1.54) is 23.5 Å². The van der Waals surface area contributed by atoms with Crippen molar-refractivity contribution in [2.24, 2.45) is 0 Å². The molecule has 1 N–H and O–H groups in total. The van der Waals surface area contributed by atoms with E-state index in [-0.39, 0.29) is 17.0 Å². The van der Waals surface area contributed by atoms with Gasteiger partial charge in [-0.2, -0.15) is 23.2 Å². The summed E-state index contributed by atoms with van der Waals surface area (Å²) in [5, 5.41) is 10.8. The molecule has 0 aliphatic heterocycles. The predicted molar refractivity (Wildman–Crippen MR) is 117 cm³/mol. The Kier molecular flexibility index (Phi) is 5.92. The maximum absolute atomic E-state index is 14.3. The molecule has 176 valence electrons. The number of nitrogens with one attached hydrogen (secondary N) is 1. The van der Waals surface area contributed by atoms with Gasteiger partial charge in [0.25, 0.3) is 0 Å². The zero-order valence-electron chi connectivity index (χ0n) is 17.6. The number of alkyl halides is 3. The molecule has 0 bridgehead atoms. The molecule has 4 rings (SSSR count). The Morgan fingerprint density at radius 3 is 2.53 bits per heavy atom. The van der Waals surface area contributed by atoms with Gasteiger partial charge in [-0.1, -0.05) is 0 Å². The average Bonchev–Trinajstić information content (AvgIpc) is 3.39. The van der Waals surface area contributed by atoms with Gasteiger partial charge in [0.05, 0.1) is 34.2 Å². The van der Waals surface area contributed by atoms with Gasteiger partial charge in [-0.25, -0.2) is 12.8 Å². The van der Waals surface area contributed by atoms with Gasteiger partial charge in [-0.3, -0.25) is 14.5 Å². The van der Waals surface area contributed by atoms with Crippen molar-refractivity contribution in [3.05, 3.63) is 59.1 Å². The Morgan fingerprint density at radius 1 is 1.24 bits per heavy atom. The maximum atomic E-state index is 14.3. The lowest BCUT2D eigenvalue weighted by Gasteiger charge is -2.17. The largest absolute Gasteiger partial charge is 0.404 e. The number of hydrogen-bond acceptors (Lipinski definition) is 6. The monoisotopic (exact) mass is 509 g/mol. The molecule has 34 heavy (non-hydrogen) atoms. The highest BCUT2D eigenvalue weighted by Crippen LogP contribution is 2.37. The molecular weight excluding hydrogens is 494 g/mol. The van der Waals surface area contributed by atoms with Crippen LogP contribution in [0.25, 0.3) is 27.3 Å². The van der Waals surface area contributed by atoms with Crippen LogP contribution in [0.5, 0.6) is 0 Å². The van der Waals surface area contributed by atoms with Crippen LogP contribution in [0.1, 0.15) is 18.1 Å². The maximum Gasteiger partial charge on any atom is 0.404 e. The van der Waals surface area contributed by atoms with Gasteiger partial charge >= 0.3 is 6.18 Å². The molecule has 0 aliphatic rings. The number of aryl methyl sites for hydroxylation is 1. The molecule has 3 heterocycles. The summed E-state index contributed by atoms with van der Waals surface area (Å²) in [5.74, 6) is -0.503. The van der Waals surface area contributed by atoms with Crippen LogP contribution in [0.3, 0.4) is 0 Å². The Balaban J connectivity index is 1.88. The summed E-state index contributed by atoms with van der Waals surface area (Å²) in [6, 6.07) is 4.95. The van der Waals surface area contributed by atoms with Crippen molar-refractivity contribution in [2.75, 3.05) is 0 Å². The van der Waals surface area contributed by atoms with Crippen LogP contribution in [0, 0.1) is 24.1 Å². The van der Waals surface area contributed by atoms with E-state index in [1.54, 1.807) is 34.0 Å². The minimum absolute atomic E-state index is 0.106. The lowest BCUT2D eigenvalue weighted by molar-refractivity contribution is -0.147. The summed E-state index contributed by atoms with van der Waals surface area (Å²) in [6.45, 7) is 2.27. The van der Waals surface area contributed by atoms with Crippen molar-refractivity contribution in [3.63, 3.8) is 0 Å². The van der Waals surface area contributed by atoms with Crippen LogP contribution < -0.4 is 4.72 Å². The highest BCUT2D eigenvalue weighted by atomic mass is 32.2. The molecule has 0 saturated heterocycles. The van der Waals surface area contributed by atoms with Gasteiger partial charge in [0.15, 0.2) is 0 Å². The molecule has 0 unspecified atom stereocenters. The topological polar surface area (TPSA) is 101 Å². The van der Waals surface area contributed by atoms with Crippen molar-refractivity contribution in [2.45, 2.75) is 31.0 Å². The molecule has 4 aromatic rings. The first-order chi connectivity index (χ1) is 15.9. The number of benzene rings is 1. The van der Waals surface area contributed by atoms with E-state index in [9.17, 15) is 31.2 Å². The van der Waals surface area contributed by atoms with E-state index in [1.807, 2.05) is 0 Å². The number of aromatic nitrogens is 3. The molecule has 0 fully saturated rings. The second-order valence-electron chi connectivity index (χ2n) is 7.39. The van der Waals surface area contributed by atoms with Gasteiger partial charge in [-0.05, 0) is 43.7 Å². The van der Waals surface area contributed by atoms with E-state index >= 15 is 0 Å². The van der Waals surface area contributed by atoms with Crippen LogP contribution in [-0.2, 0) is 10.0 Å².